The second-order valence-corrected chi connectivity index (χ2v) is 7.98. The molecule has 0 bridgehead atoms. The van der Waals surface area contributed by atoms with Gasteiger partial charge in [0, 0.05) is 29.5 Å². The highest BCUT2D eigenvalue weighted by Crippen LogP contribution is 2.30. The predicted octanol–water partition coefficient (Wildman–Crippen LogP) is 5.06. The number of aromatic nitrogens is 1. The summed E-state index contributed by atoms with van der Waals surface area (Å²) in [7, 11) is 0. The first-order valence-electron chi connectivity index (χ1n) is 10.6. The van der Waals surface area contributed by atoms with Crippen LogP contribution in [0.15, 0.2) is 63.4 Å². The van der Waals surface area contributed by atoms with E-state index in [-0.39, 0.29) is 31.6 Å². The molecule has 2 amide bonds. The number of ether oxygens (including phenoxy) is 2. The molecular weight excluding hydrogens is 424 g/mol. The van der Waals surface area contributed by atoms with Crippen molar-refractivity contribution in [1.82, 2.24) is 9.88 Å². The summed E-state index contributed by atoms with van der Waals surface area (Å²) in [5.74, 6) is 2.07. The molecule has 168 valence electrons. The Kier molecular flexibility index (Phi) is 5.34. The topological polar surface area (TPSA) is 95.0 Å². The number of benzene rings is 2. The molecule has 33 heavy (non-hydrogen) atoms. The summed E-state index contributed by atoms with van der Waals surface area (Å²) in [4.78, 5) is 29.1. The summed E-state index contributed by atoms with van der Waals surface area (Å²) in [6, 6.07) is 17.2. The zero-order valence-electron chi connectivity index (χ0n) is 18.2. The molecule has 1 aliphatic rings. The van der Waals surface area contributed by atoms with Crippen molar-refractivity contribution in [2.24, 2.45) is 0 Å². The Morgan fingerprint density at radius 1 is 1.09 bits per heavy atom. The van der Waals surface area contributed by atoms with Gasteiger partial charge in [0.2, 0.25) is 5.89 Å². The molecule has 1 atom stereocenters. The number of imide groups is 1. The van der Waals surface area contributed by atoms with Crippen LogP contribution in [-0.4, -0.2) is 35.0 Å². The summed E-state index contributed by atoms with van der Waals surface area (Å²) in [6.45, 7) is 4.02. The minimum Gasteiger partial charge on any atom is -0.487 e. The molecule has 1 aliphatic heterocycles. The Labute approximate surface area is 189 Å². The number of fused-ring (bicyclic) bond motifs is 1. The van der Waals surface area contributed by atoms with Crippen molar-refractivity contribution in [3.8, 4) is 17.2 Å². The molecule has 5 rings (SSSR count). The van der Waals surface area contributed by atoms with Crippen LogP contribution in [0.25, 0.3) is 22.4 Å². The summed E-state index contributed by atoms with van der Waals surface area (Å²) in [5, 5.41) is 0.906. The van der Waals surface area contributed by atoms with Gasteiger partial charge in [0.1, 0.15) is 35.2 Å². The molecule has 4 aromatic rings. The van der Waals surface area contributed by atoms with E-state index >= 15 is 0 Å². The molecule has 2 aromatic heterocycles. The average Bonchev–Trinajstić information content (AvgIpc) is 3.51. The Morgan fingerprint density at radius 2 is 1.91 bits per heavy atom. The summed E-state index contributed by atoms with van der Waals surface area (Å²) < 4.78 is 22.5. The average molecular weight is 446 g/mol. The maximum Gasteiger partial charge on any atom is 0.417 e. The van der Waals surface area contributed by atoms with Crippen molar-refractivity contribution in [3.05, 3.63) is 71.8 Å². The minimum atomic E-state index is -0.614. The van der Waals surface area contributed by atoms with Crippen LogP contribution in [0, 0.1) is 6.92 Å². The Bertz CT molecular complexity index is 1310. The normalized spacial score (nSPS) is 14.7. The molecule has 0 saturated carbocycles. The second kappa shape index (κ2) is 8.46. The predicted molar refractivity (Wildman–Crippen MR) is 119 cm³/mol. The van der Waals surface area contributed by atoms with Crippen molar-refractivity contribution in [2.45, 2.75) is 26.4 Å². The van der Waals surface area contributed by atoms with E-state index in [0.29, 0.717) is 28.7 Å². The van der Waals surface area contributed by atoms with E-state index in [4.69, 9.17) is 18.3 Å². The fourth-order valence-electron chi connectivity index (χ4n) is 3.70. The molecule has 3 heterocycles. The van der Waals surface area contributed by atoms with Crippen LogP contribution in [0.5, 0.6) is 5.75 Å². The SMILES string of the molecule is Cc1oc(-c2ccccc2)nc1COc1ccc2cc(C(C)CN3C(=O)COC3=O)oc2c1. The van der Waals surface area contributed by atoms with Gasteiger partial charge in [0.25, 0.3) is 5.91 Å². The molecule has 0 aliphatic carbocycles. The van der Waals surface area contributed by atoms with Gasteiger partial charge in [-0.05, 0) is 37.3 Å². The van der Waals surface area contributed by atoms with E-state index in [0.717, 1.165) is 21.5 Å². The van der Waals surface area contributed by atoms with Gasteiger partial charge >= 0.3 is 6.09 Å². The highest BCUT2D eigenvalue weighted by molar-refractivity contribution is 5.97. The lowest BCUT2D eigenvalue weighted by Crippen LogP contribution is -2.32. The number of rotatable bonds is 7. The third kappa shape index (κ3) is 4.19. The maximum absolute atomic E-state index is 11.8. The molecule has 0 spiro atoms. The smallest absolute Gasteiger partial charge is 0.417 e. The van der Waals surface area contributed by atoms with Crippen molar-refractivity contribution in [2.75, 3.05) is 13.2 Å². The number of aryl methyl sites for hydroxylation is 1. The third-order valence-electron chi connectivity index (χ3n) is 5.58. The van der Waals surface area contributed by atoms with Crippen LogP contribution in [-0.2, 0) is 16.1 Å². The standard InChI is InChI=1S/C25H22N2O6/c1-15(12-27-23(28)14-31-25(27)29)21-10-18-8-9-19(11-22(18)33-21)30-13-20-16(2)32-24(26-20)17-6-4-3-5-7-17/h3-11,15H,12-14H2,1-2H3. The molecule has 1 fully saturated rings. The second-order valence-electron chi connectivity index (χ2n) is 7.98. The Morgan fingerprint density at radius 3 is 2.67 bits per heavy atom. The molecule has 0 N–H and O–H groups in total. The largest absolute Gasteiger partial charge is 0.487 e. The lowest BCUT2D eigenvalue weighted by Gasteiger charge is -2.14. The number of carbonyl (C=O) groups excluding carboxylic acids is 2. The van der Waals surface area contributed by atoms with Crippen LogP contribution in [0.3, 0.4) is 0 Å². The van der Waals surface area contributed by atoms with Crippen molar-refractivity contribution >= 4 is 23.0 Å². The van der Waals surface area contributed by atoms with Crippen LogP contribution < -0.4 is 4.74 Å². The van der Waals surface area contributed by atoms with E-state index < -0.39 is 6.09 Å². The highest BCUT2D eigenvalue weighted by atomic mass is 16.6. The fraction of sp³-hybridized carbons (Fsp3) is 0.240. The third-order valence-corrected chi connectivity index (χ3v) is 5.58. The van der Waals surface area contributed by atoms with Crippen LogP contribution in [0.4, 0.5) is 4.79 Å². The first kappa shape index (κ1) is 20.8. The first-order valence-corrected chi connectivity index (χ1v) is 10.6. The van der Waals surface area contributed by atoms with E-state index in [2.05, 4.69) is 4.98 Å². The van der Waals surface area contributed by atoms with Gasteiger partial charge in [-0.2, -0.15) is 0 Å². The lowest BCUT2D eigenvalue weighted by atomic mass is 10.1. The zero-order valence-corrected chi connectivity index (χ0v) is 18.2. The molecule has 2 aromatic carbocycles. The number of oxazole rings is 1. The molecule has 1 saturated heterocycles. The van der Waals surface area contributed by atoms with Gasteiger partial charge in [0.15, 0.2) is 6.61 Å². The van der Waals surface area contributed by atoms with Gasteiger partial charge in [-0.1, -0.05) is 25.1 Å². The number of furan rings is 1. The van der Waals surface area contributed by atoms with Gasteiger partial charge in [-0.25, -0.2) is 14.7 Å². The van der Waals surface area contributed by atoms with Gasteiger partial charge in [-0.15, -0.1) is 0 Å². The monoisotopic (exact) mass is 446 g/mol. The number of cyclic esters (lactones) is 1. The summed E-state index contributed by atoms with van der Waals surface area (Å²) in [5.41, 5.74) is 2.30. The van der Waals surface area contributed by atoms with Crippen molar-refractivity contribution in [1.29, 1.82) is 0 Å². The Hall–Kier alpha value is -4.07. The number of nitrogens with zero attached hydrogens (tertiary/aromatic N) is 2. The van der Waals surface area contributed by atoms with Crippen molar-refractivity contribution in [3.63, 3.8) is 0 Å². The van der Waals surface area contributed by atoms with Gasteiger partial charge in [0.05, 0.1) is 0 Å². The minimum absolute atomic E-state index is 0.175. The van der Waals surface area contributed by atoms with Crippen LogP contribution in [0.1, 0.15) is 30.1 Å². The molecule has 8 nitrogen and oxygen atoms in total. The maximum atomic E-state index is 11.8. The van der Waals surface area contributed by atoms with Crippen molar-refractivity contribution < 1.29 is 27.9 Å². The van der Waals surface area contributed by atoms with Gasteiger partial charge in [-0.3, -0.25) is 4.79 Å². The van der Waals surface area contributed by atoms with Gasteiger partial charge < -0.3 is 18.3 Å². The number of amides is 2. The van der Waals surface area contributed by atoms with Crippen LogP contribution >= 0.6 is 0 Å². The van der Waals surface area contributed by atoms with E-state index in [1.807, 2.05) is 68.4 Å². The first-order chi connectivity index (χ1) is 16.0. The number of hydrogen-bond acceptors (Lipinski definition) is 7. The zero-order chi connectivity index (χ0) is 22.9. The van der Waals surface area contributed by atoms with E-state index in [9.17, 15) is 9.59 Å². The number of hydrogen-bond donors (Lipinski definition) is 0. The summed E-state index contributed by atoms with van der Waals surface area (Å²) in [6.07, 6.45) is -0.614. The Balaban J connectivity index is 1.28. The van der Waals surface area contributed by atoms with Crippen LogP contribution in [0.2, 0.25) is 0 Å². The van der Waals surface area contributed by atoms with E-state index in [1.165, 1.54) is 0 Å². The number of carbonyl (C=O) groups is 2. The molecule has 8 heteroatoms. The quantitative estimate of drug-likeness (QED) is 0.392. The lowest BCUT2D eigenvalue weighted by molar-refractivity contribution is -0.126. The van der Waals surface area contributed by atoms with E-state index in [1.54, 1.807) is 0 Å². The molecule has 1 unspecified atom stereocenters. The highest BCUT2D eigenvalue weighted by Gasteiger charge is 2.32. The molecule has 0 radical (unpaired) electrons. The molecular formula is C25H22N2O6. The summed E-state index contributed by atoms with van der Waals surface area (Å²) >= 11 is 0. The fourth-order valence-corrected chi connectivity index (χ4v) is 3.70.